The maximum Gasteiger partial charge on any atom is 0.413 e. The van der Waals surface area contributed by atoms with Crippen molar-refractivity contribution in [1.29, 1.82) is 0 Å². The third-order valence-electron chi connectivity index (χ3n) is 3.56. The van der Waals surface area contributed by atoms with Gasteiger partial charge in [-0.25, -0.2) is 9.59 Å². The molecule has 10 heteroatoms. The van der Waals surface area contributed by atoms with E-state index in [2.05, 4.69) is 10.1 Å². The van der Waals surface area contributed by atoms with Crippen LogP contribution in [-0.4, -0.2) is 42.0 Å². The zero-order valence-corrected chi connectivity index (χ0v) is 14.9. The molecule has 25 heavy (non-hydrogen) atoms. The van der Waals surface area contributed by atoms with E-state index in [0.717, 1.165) is 0 Å². The van der Waals surface area contributed by atoms with Crippen molar-refractivity contribution in [2.75, 3.05) is 13.2 Å². The number of alkyl carbamates (subject to hydrolysis) is 1. The average molecular weight is 388 g/mol. The summed E-state index contributed by atoms with van der Waals surface area (Å²) < 4.78 is 4.56. The largest absolute Gasteiger partial charge is 0.450 e. The lowest BCUT2D eigenvalue weighted by Crippen LogP contribution is -2.44. The quantitative estimate of drug-likeness (QED) is 0.768. The van der Waals surface area contributed by atoms with Crippen LogP contribution in [0.3, 0.4) is 0 Å². The molecule has 1 aliphatic heterocycles. The molecule has 0 aromatic heterocycles. The average Bonchev–Trinajstić information content (AvgIpc) is 2.71. The molecule has 1 heterocycles. The van der Waals surface area contributed by atoms with Crippen LogP contribution in [0.25, 0.3) is 0 Å². The topological polar surface area (TPSA) is 105 Å². The van der Waals surface area contributed by atoms with Crippen molar-refractivity contribution >= 4 is 47.1 Å². The van der Waals surface area contributed by atoms with Gasteiger partial charge in [-0.1, -0.05) is 29.3 Å². The molecular weight excluding hydrogens is 373 g/mol. The molecule has 0 radical (unpaired) electrons. The zero-order chi connectivity index (χ0) is 18.8. The highest BCUT2D eigenvalue weighted by molar-refractivity contribution is 6.35. The molecule has 1 saturated heterocycles. The fraction of sp³-hybridized carbons (Fsp3) is 0.333. The van der Waals surface area contributed by atoms with Crippen LogP contribution in [0.15, 0.2) is 18.2 Å². The smallest absolute Gasteiger partial charge is 0.413 e. The second-order valence-electron chi connectivity index (χ2n) is 5.34. The van der Waals surface area contributed by atoms with Crippen LogP contribution in [0, 0.1) is 0 Å². The van der Waals surface area contributed by atoms with Gasteiger partial charge in [0.2, 0.25) is 5.91 Å². The summed E-state index contributed by atoms with van der Waals surface area (Å²) in [5.41, 5.74) is -1.12. The minimum absolute atomic E-state index is 0.0788. The SMILES string of the molecule is CCOC(=O)NC(=O)CN1C(=O)NC(C)(c2ccc(Cl)cc2Cl)C1=O. The number of hydrogen-bond donors (Lipinski definition) is 2. The number of amides is 5. The second kappa shape index (κ2) is 7.28. The van der Waals surface area contributed by atoms with Gasteiger partial charge < -0.3 is 10.1 Å². The standard InChI is InChI=1S/C15H15Cl2N3O5/c1-3-25-14(24)18-11(21)7-20-12(22)15(2,19-13(20)23)9-5-4-8(16)6-10(9)17/h4-6H,3,7H2,1-2H3,(H,19,23)(H,18,21,24). The highest BCUT2D eigenvalue weighted by atomic mass is 35.5. The van der Waals surface area contributed by atoms with E-state index in [0.29, 0.717) is 15.5 Å². The Morgan fingerprint density at radius 2 is 2.00 bits per heavy atom. The van der Waals surface area contributed by atoms with Crippen molar-refractivity contribution in [3.8, 4) is 0 Å². The molecule has 8 nitrogen and oxygen atoms in total. The predicted molar refractivity (Wildman–Crippen MR) is 89.2 cm³/mol. The number of nitrogens with one attached hydrogen (secondary N) is 2. The van der Waals surface area contributed by atoms with E-state index in [4.69, 9.17) is 23.2 Å². The van der Waals surface area contributed by atoms with Gasteiger partial charge in [0.25, 0.3) is 5.91 Å². The highest BCUT2D eigenvalue weighted by Crippen LogP contribution is 2.34. The first-order valence-electron chi connectivity index (χ1n) is 7.25. The lowest BCUT2D eigenvalue weighted by molar-refractivity contribution is -0.134. The Bertz CT molecular complexity index is 755. The van der Waals surface area contributed by atoms with E-state index >= 15 is 0 Å². The molecule has 2 N–H and O–H groups in total. The summed E-state index contributed by atoms with van der Waals surface area (Å²) in [7, 11) is 0. The van der Waals surface area contributed by atoms with Gasteiger partial charge in [-0.15, -0.1) is 0 Å². The Morgan fingerprint density at radius 3 is 2.60 bits per heavy atom. The van der Waals surface area contributed by atoms with Crippen molar-refractivity contribution in [1.82, 2.24) is 15.5 Å². The van der Waals surface area contributed by atoms with E-state index in [1.165, 1.54) is 25.1 Å². The van der Waals surface area contributed by atoms with Gasteiger partial charge in [0.1, 0.15) is 12.1 Å². The molecule has 134 valence electrons. The van der Waals surface area contributed by atoms with Crippen molar-refractivity contribution in [3.05, 3.63) is 33.8 Å². The molecular formula is C15H15Cl2N3O5. The van der Waals surface area contributed by atoms with E-state index in [-0.39, 0.29) is 11.6 Å². The third-order valence-corrected chi connectivity index (χ3v) is 4.11. The van der Waals surface area contributed by atoms with Crippen molar-refractivity contribution in [2.24, 2.45) is 0 Å². The van der Waals surface area contributed by atoms with Gasteiger partial charge in [0.05, 0.1) is 6.61 Å². The normalized spacial score (nSPS) is 19.6. The van der Waals surface area contributed by atoms with Crippen LogP contribution in [0.1, 0.15) is 19.4 Å². The molecule has 1 fully saturated rings. The first kappa shape index (κ1) is 19.0. The van der Waals surface area contributed by atoms with Gasteiger partial charge in [0, 0.05) is 15.6 Å². The van der Waals surface area contributed by atoms with Crippen LogP contribution >= 0.6 is 23.2 Å². The Labute approximate surface area is 153 Å². The van der Waals surface area contributed by atoms with Gasteiger partial charge in [-0.3, -0.25) is 19.8 Å². The van der Waals surface area contributed by atoms with Gasteiger partial charge in [0.15, 0.2) is 0 Å². The zero-order valence-electron chi connectivity index (χ0n) is 13.4. The van der Waals surface area contributed by atoms with E-state index in [1.54, 1.807) is 6.92 Å². The van der Waals surface area contributed by atoms with Gasteiger partial charge in [-0.05, 0) is 26.0 Å². The second-order valence-corrected chi connectivity index (χ2v) is 6.18. The van der Waals surface area contributed by atoms with Crippen molar-refractivity contribution in [3.63, 3.8) is 0 Å². The summed E-state index contributed by atoms with van der Waals surface area (Å²) in [5.74, 6) is -1.53. The van der Waals surface area contributed by atoms with Crippen LogP contribution in [0.2, 0.25) is 10.0 Å². The Hall–Kier alpha value is -2.32. The molecule has 1 aromatic carbocycles. The number of imide groups is 2. The molecule has 1 unspecified atom stereocenters. The number of nitrogens with zero attached hydrogens (tertiary/aromatic N) is 1. The first-order valence-corrected chi connectivity index (χ1v) is 8.01. The monoisotopic (exact) mass is 387 g/mol. The molecule has 2 rings (SSSR count). The third kappa shape index (κ3) is 3.85. The molecule has 0 spiro atoms. The molecule has 1 atom stereocenters. The minimum Gasteiger partial charge on any atom is -0.450 e. The van der Waals surface area contributed by atoms with Crippen LogP contribution in [0.5, 0.6) is 0 Å². The van der Waals surface area contributed by atoms with E-state index < -0.39 is 36.0 Å². The number of rotatable bonds is 4. The molecule has 0 saturated carbocycles. The fourth-order valence-corrected chi connectivity index (χ4v) is 2.98. The Morgan fingerprint density at radius 1 is 1.32 bits per heavy atom. The number of carbonyl (C=O) groups is 4. The lowest BCUT2D eigenvalue weighted by Gasteiger charge is -2.23. The number of ether oxygens (including phenoxy) is 1. The van der Waals surface area contributed by atoms with E-state index in [1.807, 2.05) is 5.32 Å². The van der Waals surface area contributed by atoms with Crippen LogP contribution in [-0.2, 0) is 19.9 Å². The summed E-state index contributed by atoms with van der Waals surface area (Å²) in [6.07, 6.45) is -0.955. The summed E-state index contributed by atoms with van der Waals surface area (Å²) in [4.78, 5) is 48.5. The van der Waals surface area contributed by atoms with Crippen molar-refractivity contribution < 1.29 is 23.9 Å². The van der Waals surface area contributed by atoms with Crippen LogP contribution < -0.4 is 10.6 Å². The molecule has 0 bridgehead atoms. The highest BCUT2D eigenvalue weighted by Gasteiger charge is 2.50. The number of carbonyl (C=O) groups excluding carboxylic acids is 4. The van der Waals surface area contributed by atoms with Crippen LogP contribution in [0.4, 0.5) is 9.59 Å². The fourth-order valence-electron chi connectivity index (χ4n) is 2.38. The van der Waals surface area contributed by atoms with Gasteiger partial charge >= 0.3 is 12.1 Å². The number of benzene rings is 1. The Balaban J connectivity index is 2.19. The minimum atomic E-state index is -1.46. The molecule has 1 aromatic rings. The maximum absolute atomic E-state index is 12.7. The number of hydrogen-bond acceptors (Lipinski definition) is 5. The molecule has 5 amide bonds. The lowest BCUT2D eigenvalue weighted by atomic mass is 9.92. The van der Waals surface area contributed by atoms with Gasteiger partial charge in [-0.2, -0.15) is 0 Å². The number of urea groups is 1. The summed E-state index contributed by atoms with van der Waals surface area (Å²) in [6.45, 7) is 2.48. The Kier molecular flexibility index (Phi) is 5.54. The van der Waals surface area contributed by atoms with E-state index in [9.17, 15) is 19.2 Å². The summed E-state index contributed by atoms with van der Waals surface area (Å²) >= 11 is 12.0. The van der Waals surface area contributed by atoms with Crippen molar-refractivity contribution in [2.45, 2.75) is 19.4 Å². The number of halogens is 2. The predicted octanol–water partition coefficient (Wildman–Crippen LogP) is 2.03. The summed E-state index contributed by atoms with van der Waals surface area (Å²) in [6, 6.07) is 3.71. The summed E-state index contributed by atoms with van der Waals surface area (Å²) in [5, 5.41) is 4.99. The maximum atomic E-state index is 12.7. The first-order chi connectivity index (χ1) is 11.7. The molecule has 1 aliphatic rings. The molecule has 0 aliphatic carbocycles.